The molecule has 1 saturated heterocycles. The van der Waals surface area contributed by atoms with Gasteiger partial charge in [0.25, 0.3) is 0 Å². The summed E-state index contributed by atoms with van der Waals surface area (Å²) in [5.74, 6) is 0. The third kappa shape index (κ3) is 6.83. The molecule has 214 valence electrons. The van der Waals surface area contributed by atoms with E-state index in [4.69, 9.17) is 16.7 Å². The topological polar surface area (TPSA) is 36.3 Å². The molecule has 1 N–H and O–H groups in total. The van der Waals surface area contributed by atoms with Crippen molar-refractivity contribution in [3.05, 3.63) is 143 Å². The van der Waals surface area contributed by atoms with Crippen molar-refractivity contribution < 1.29 is 0 Å². The predicted octanol–water partition coefficient (Wildman–Crippen LogP) is 7.00. The van der Waals surface area contributed by atoms with Crippen LogP contribution in [0.2, 0.25) is 5.02 Å². The molecule has 6 rings (SSSR count). The summed E-state index contributed by atoms with van der Waals surface area (Å²) in [6.45, 7) is 8.97. The van der Waals surface area contributed by atoms with Gasteiger partial charge >= 0.3 is 0 Å². The quantitative estimate of drug-likeness (QED) is 0.182. The van der Waals surface area contributed by atoms with Gasteiger partial charge in [-0.05, 0) is 47.9 Å². The minimum atomic E-state index is 0.239. The number of para-hydroxylation sites is 1. The first-order valence-corrected chi connectivity index (χ1v) is 15.2. The molecule has 0 radical (unpaired) electrons. The summed E-state index contributed by atoms with van der Waals surface area (Å²) in [6, 6.07) is 38.4. The first-order chi connectivity index (χ1) is 20.6. The van der Waals surface area contributed by atoms with Gasteiger partial charge in [0.1, 0.15) is 0 Å². The van der Waals surface area contributed by atoms with Crippen molar-refractivity contribution in [3.63, 3.8) is 0 Å². The van der Waals surface area contributed by atoms with Crippen molar-refractivity contribution in [1.82, 2.24) is 24.9 Å². The highest BCUT2D eigenvalue weighted by Crippen LogP contribution is 2.30. The fourth-order valence-corrected chi connectivity index (χ4v) is 6.02. The average Bonchev–Trinajstić information content (AvgIpc) is 3.46. The molecule has 1 aliphatic heterocycles. The maximum atomic E-state index is 6.21. The largest absolute Gasteiger partial charge is 0.310 e. The van der Waals surface area contributed by atoms with Crippen molar-refractivity contribution in [2.45, 2.75) is 19.5 Å². The molecule has 0 bridgehead atoms. The molecular weight excluding hydrogens is 538 g/mol. The Hall–Kier alpha value is -3.74. The predicted molar refractivity (Wildman–Crippen MR) is 173 cm³/mol. The van der Waals surface area contributed by atoms with Crippen LogP contribution >= 0.6 is 11.6 Å². The van der Waals surface area contributed by atoms with Crippen LogP contribution in [0, 0.1) is 6.92 Å². The van der Waals surface area contributed by atoms with E-state index in [2.05, 4.69) is 119 Å². The molecule has 4 aromatic carbocycles. The molecule has 1 fully saturated rings. The van der Waals surface area contributed by atoms with E-state index in [9.17, 15) is 0 Å². The summed E-state index contributed by atoms with van der Waals surface area (Å²) in [5, 5.41) is 9.45. The van der Waals surface area contributed by atoms with Gasteiger partial charge in [-0.25, -0.2) is 4.68 Å². The van der Waals surface area contributed by atoms with Crippen LogP contribution in [0.15, 0.2) is 115 Å². The molecule has 1 atom stereocenters. The van der Waals surface area contributed by atoms with Crippen LogP contribution < -0.4 is 5.32 Å². The van der Waals surface area contributed by atoms with E-state index in [1.807, 2.05) is 22.9 Å². The monoisotopic (exact) mass is 575 g/mol. The minimum absolute atomic E-state index is 0.239. The van der Waals surface area contributed by atoms with Gasteiger partial charge in [0.2, 0.25) is 0 Å². The first-order valence-electron chi connectivity index (χ1n) is 14.8. The van der Waals surface area contributed by atoms with Crippen LogP contribution in [0.1, 0.15) is 28.4 Å². The number of hydrogen-bond acceptors (Lipinski definition) is 4. The van der Waals surface area contributed by atoms with Crippen LogP contribution in [-0.4, -0.2) is 58.8 Å². The van der Waals surface area contributed by atoms with E-state index >= 15 is 0 Å². The summed E-state index contributed by atoms with van der Waals surface area (Å²) in [6.07, 6.45) is 2.16. The molecule has 0 aliphatic carbocycles. The lowest BCUT2D eigenvalue weighted by Crippen LogP contribution is -2.49. The van der Waals surface area contributed by atoms with Gasteiger partial charge in [0.05, 0.1) is 17.4 Å². The minimum Gasteiger partial charge on any atom is -0.310 e. The standard InChI is InChI=1S/C36H38ClN5/c1-28-9-8-12-31(25-28)34-27-42(33-13-6-3-7-14-33)39-35(34)26-38-19-20-40-21-23-41(24-22-40)36(29-10-4-2-5-11-29)30-15-17-32(37)18-16-30/h2-18,25,27,36,38H,19-24,26H2,1H3. The highest BCUT2D eigenvalue weighted by molar-refractivity contribution is 6.30. The van der Waals surface area contributed by atoms with Crippen LogP contribution in [-0.2, 0) is 6.54 Å². The zero-order chi connectivity index (χ0) is 28.7. The van der Waals surface area contributed by atoms with Gasteiger partial charge in [-0.2, -0.15) is 5.10 Å². The van der Waals surface area contributed by atoms with Gasteiger partial charge in [0.15, 0.2) is 0 Å². The molecule has 0 amide bonds. The van der Waals surface area contributed by atoms with Gasteiger partial charge in [0, 0.05) is 62.6 Å². The Kier molecular flexibility index (Phi) is 9.12. The summed E-state index contributed by atoms with van der Waals surface area (Å²) in [4.78, 5) is 5.17. The molecule has 1 unspecified atom stereocenters. The molecule has 5 nitrogen and oxygen atoms in total. The Morgan fingerprint density at radius 2 is 1.48 bits per heavy atom. The SMILES string of the molecule is Cc1cccc(-c2cn(-c3ccccc3)nc2CNCCN2CCN(C(c3ccccc3)c3ccc(Cl)cc3)CC2)c1. The van der Waals surface area contributed by atoms with E-state index in [-0.39, 0.29) is 6.04 Å². The normalized spacial score (nSPS) is 15.1. The van der Waals surface area contributed by atoms with E-state index in [1.165, 1.54) is 27.8 Å². The number of halogens is 1. The third-order valence-corrected chi connectivity index (χ3v) is 8.36. The summed E-state index contributed by atoms with van der Waals surface area (Å²) >= 11 is 6.21. The van der Waals surface area contributed by atoms with Crippen LogP contribution in [0.25, 0.3) is 16.8 Å². The molecule has 5 aromatic rings. The fourth-order valence-electron chi connectivity index (χ4n) is 5.89. The average molecular weight is 576 g/mol. The van der Waals surface area contributed by atoms with E-state index < -0.39 is 0 Å². The van der Waals surface area contributed by atoms with Crippen molar-refractivity contribution in [2.24, 2.45) is 0 Å². The Labute approximate surface area is 254 Å². The number of benzene rings is 4. The van der Waals surface area contributed by atoms with E-state index in [0.717, 1.165) is 62.2 Å². The number of aryl methyl sites for hydroxylation is 1. The van der Waals surface area contributed by atoms with E-state index in [0.29, 0.717) is 0 Å². The smallest absolute Gasteiger partial charge is 0.0845 e. The van der Waals surface area contributed by atoms with Crippen molar-refractivity contribution >= 4 is 11.6 Å². The maximum Gasteiger partial charge on any atom is 0.0845 e. The number of aromatic nitrogens is 2. The molecule has 1 aromatic heterocycles. The van der Waals surface area contributed by atoms with Crippen molar-refractivity contribution in [1.29, 1.82) is 0 Å². The Morgan fingerprint density at radius 3 is 2.19 bits per heavy atom. The highest BCUT2D eigenvalue weighted by atomic mass is 35.5. The van der Waals surface area contributed by atoms with Crippen molar-refractivity contribution in [2.75, 3.05) is 39.3 Å². The number of nitrogens with one attached hydrogen (secondary N) is 1. The zero-order valence-electron chi connectivity index (χ0n) is 24.2. The second kappa shape index (κ2) is 13.5. The number of piperazine rings is 1. The molecular formula is C36H38ClN5. The summed E-state index contributed by atoms with van der Waals surface area (Å²) in [5.41, 5.74) is 8.40. The molecule has 0 spiro atoms. The number of hydrogen-bond donors (Lipinski definition) is 1. The van der Waals surface area contributed by atoms with Gasteiger partial charge in [-0.15, -0.1) is 0 Å². The van der Waals surface area contributed by atoms with E-state index in [1.54, 1.807) is 0 Å². The Balaban J connectivity index is 1.07. The van der Waals surface area contributed by atoms with Gasteiger partial charge in [-0.1, -0.05) is 102 Å². The number of nitrogens with zero attached hydrogens (tertiary/aromatic N) is 4. The Bertz CT molecular complexity index is 1560. The molecule has 2 heterocycles. The second-order valence-electron chi connectivity index (χ2n) is 11.1. The highest BCUT2D eigenvalue weighted by Gasteiger charge is 2.26. The zero-order valence-corrected chi connectivity index (χ0v) is 24.9. The lowest BCUT2D eigenvalue weighted by atomic mass is 9.96. The third-order valence-electron chi connectivity index (χ3n) is 8.11. The maximum absolute atomic E-state index is 6.21. The van der Waals surface area contributed by atoms with Gasteiger partial charge < -0.3 is 5.32 Å². The lowest BCUT2D eigenvalue weighted by Gasteiger charge is -2.40. The Morgan fingerprint density at radius 1 is 0.786 bits per heavy atom. The summed E-state index contributed by atoms with van der Waals surface area (Å²) in [7, 11) is 0. The van der Waals surface area contributed by atoms with Gasteiger partial charge in [-0.3, -0.25) is 9.80 Å². The molecule has 42 heavy (non-hydrogen) atoms. The fraction of sp³-hybridized carbons (Fsp3) is 0.250. The number of rotatable bonds is 10. The molecule has 0 saturated carbocycles. The van der Waals surface area contributed by atoms with Crippen molar-refractivity contribution in [3.8, 4) is 16.8 Å². The van der Waals surface area contributed by atoms with Crippen LogP contribution in [0.4, 0.5) is 0 Å². The lowest BCUT2D eigenvalue weighted by molar-refractivity contribution is 0.110. The molecule has 1 aliphatic rings. The molecule has 6 heteroatoms. The van der Waals surface area contributed by atoms with Crippen LogP contribution in [0.5, 0.6) is 0 Å². The van der Waals surface area contributed by atoms with Crippen LogP contribution in [0.3, 0.4) is 0 Å². The second-order valence-corrected chi connectivity index (χ2v) is 11.5. The summed E-state index contributed by atoms with van der Waals surface area (Å²) < 4.78 is 2.00. The first kappa shape index (κ1) is 28.4.